The molecule has 232 valence electrons. The summed E-state index contributed by atoms with van der Waals surface area (Å²) in [5.41, 5.74) is 7.15. The highest BCUT2D eigenvalue weighted by Crippen LogP contribution is 2.24. The molecule has 1 saturated heterocycles. The Kier molecular flexibility index (Phi) is 9.25. The molecule has 44 heavy (non-hydrogen) atoms. The summed E-state index contributed by atoms with van der Waals surface area (Å²) in [5, 5.41) is 8.97. The van der Waals surface area contributed by atoms with Gasteiger partial charge >= 0.3 is 6.18 Å². The molecule has 1 fully saturated rings. The van der Waals surface area contributed by atoms with Gasteiger partial charge in [-0.2, -0.15) is 18.3 Å². The van der Waals surface area contributed by atoms with E-state index >= 15 is 0 Å². The van der Waals surface area contributed by atoms with E-state index < -0.39 is 24.5 Å². The summed E-state index contributed by atoms with van der Waals surface area (Å²) >= 11 is 0. The lowest BCUT2D eigenvalue weighted by Gasteiger charge is -2.32. The van der Waals surface area contributed by atoms with Crippen LogP contribution in [-0.4, -0.2) is 75.4 Å². The van der Waals surface area contributed by atoms with E-state index in [0.29, 0.717) is 30.5 Å². The Bertz CT molecular complexity index is 1600. The molecule has 0 saturated carbocycles. The van der Waals surface area contributed by atoms with E-state index in [2.05, 4.69) is 37.6 Å². The van der Waals surface area contributed by atoms with Crippen LogP contribution in [0, 0.1) is 0 Å². The number of nitrogens with zero attached hydrogens (tertiary/aromatic N) is 5. The smallest absolute Gasteiger partial charge is 0.405 e. The monoisotopic (exact) mass is 612 g/mol. The lowest BCUT2D eigenvalue weighted by molar-refractivity contribution is -0.115. The number of pyridine rings is 1. The van der Waals surface area contributed by atoms with Crippen molar-refractivity contribution in [1.82, 2.24) is 24.6 Å². The van der Waals surface area contributed by atoms with Crippen LogP contribution in [-0.2, 0) is 11.3 Å². The highest BCUT2D eigenvalue weighted by Gasteiger charge is 2.27. The molecule has 4 heterocycles. The number of likely N-dealkylation sites (tertiary alicyclic amines) is 1. The Labute approximate surface area is 250 Å². The molecule has 1 atom stereocenters. The number of halogens is 3. The third-order valence-electron chi connectivity index (χ3n) is 7.11. The fourth-order valence-corrected chi connectivity index (χ4v) is 4.74. The number of amides is 2. The normalized spacial score (nSPS) is 15.7. The van der Waals surface area contributed by atoms with Crippen LogP contribution >= 0.6 is 0 Å². The van der Waals surface area contributed by atoms with Gasteiger partial charge in [-0.15, -0.1) is 0 Å². The number of nitrogens with two attached hydrogens (primary N) is 1. The molecule has 1 aliphatic rings. The SMILES string of the molecule is CN1CCCCC1COCc1ccc(-n2cc(NC(=O)c3coc(-c4ccnc(NCC(F)(F)F)c4)n3)c(C(N)=O)n2)cc1. The predicted molar refractivity (Wildman–Crippen MR) is 154 cm³/mol. The van der Waals surface area contributed by atoms with Crippen molar-refractivity contribution in [2.24, 2.45) is 5.73 Å². The number of carbonyl (C=O) groups excluding carboxylic acids is 2. The van der Waals surface area contributed by atoms with Crippen molar-refractivity contribution in [3.63, 3.8) is 0 Å². The number of likely N-dealkylation sites (N-methyl/N-ethyl adjacent to an activating group) is 1. The van der Waals surface area contributed by atoms with E-state index in [1.54, 1.807) is 0 Å². The number of anilines is 2. The minimum atomic E-state index is -4.42. The molecule has 5 rings (SSSR count). The Morgan fingerprint density at radius 2 is 1.98 bits per heavy atom. The molecule has 0 bridgehead atoms. The Hall–Kier alpha value is -4.76. The number of oxazole rings is 1. The summed E-state index contributed by atoms with van der Waals surface area (Å²) in [5.74, 6) is -1.64. The van der Waals surface area contributed by atoms with Gasteiger partial charge in [-0.3, -0.25) is 9.59 Å². The van der Waals surface area contributed by atoms with E-state index in [4.69, 9.17) is 14.9 Å². The van der Waals surface area contributed by atoms with Gasteiger partial charge in [0.05, 0.1) is 30.8 Å². The summed E-state index contributed by atoms with van der Waals surface area (Å²) in [6, 6.07) is 10.6. The van der Waals surface area contributed by atoms with Crippen LogP contribution in [0.1, 0.15) is 45.8 Å². The van der Waals surface area contributed by atoms with Gasteiger partial charge in [-0.25, -0.2) is 14.6 Å². The lowest BCUT2D eigenvalue weighted by Crippen LogP contribution is -2.39. The zero-order chi connectivity index (χ0) is 31.3. The van der Waals surface area contributed by atoms with Crippen LogP contribution in [0.3, 0.4) is 0 Å². The van der Waals surface area contributed by atoms with Crippen molar-refractivity contribution in [1.29, 1.82) is 0 Å². The van der Waals surface area contributed by atoms with E-state index in [1.165, 1.54) is 42.0 Å². The van der Waals surface area contributed by atoms with Crippen LogP contribution in [0.5, 0.6) is 0 Å². The quantitative estimate of drug-likeness (QED) is 0.226. The first-order valence-electron chi connectivity index (χ1n) is 13.9. The molecule has 15 heteroatoms. The van der Waals surface area contributed by atoms with Crippen LogP contribution in [0.15, 0.2) is 59.5 Å². The average molecular weight is 613 g/mol. The number of hydrogen-bond acceptors (Lipinski definition) is 9. The average Bonchev–Trinajstić information content (AvgIpc) is 3.66. The van der Waals surface area contributed by atoms with Crippen molar-refractivity contribution in [2.75, 3.05) is 37.4 Å². The van der Waals surface area contributed by atoms with E-state index in [0.717, 1.165) is 24.8 Å². The van der Waals surface area contributed by atoms with Crippen LogP contribution in [0.2, 0.25) is 0 Å². The van der Waals surface area contributed by atoms with Gasteiger partial charge in [-0.1, -0.05) is 18.6 Å². The third-order valence-corrected chi connectivity index (χ3v) is 7.11. The van der Waals surface area contributed by atoms with Crippen molar-refractivity contribution in [3.8, 4) is 17.1 Å². The molecule has 0 radical (unpaired) electrons. The summed E-state index contributed by atoms with van der Waals surface area (Å²) in [7, 11) is 2.12. The molecule has 12 nitrogen and oxygen atoms in total. The molecular formula is C29H31F3N8O4. The molecular weight excluding hydrogens is 581 g/mol. The predicted octanol–water partition coefficient (Wildman–Crippen LogP) is 4.25. The zero-order valence-electron chi connectivity index (χ0n) is 23.8. The maximum atomic E-state index is 12.9. The minimum absolute atomic E-state index is 0.0201. The lowest BCUT2D eigenvalue weighted by atomic mass is 10.0. The summed E-state index contributed by atoms with van der Waals surface area (Å²) in [6.45, 7) is 0.944. The molecule has 2 amide bonds. The first-order chi connectivity index (χ1) is 21.1. The van der Waals surface area contributed by atoms with E-state index in [1.807, 2.05) is 24.3 Å². The van der Waals surface area contributed by atoms with Gasteiger partial charge in [-0.05, 0) is 56.3 Å². The number of ether oxygens (including phenoxy) is 1. The molecule has 1 aliphatic heterocycles. The Morgan fingerprint density at radius 1 is 1.18 bits per heavy atom. The third kappa shape index (κ3) is 7.79. The van der Waals surface area contributed by atoms with Crippen LogP contribution < -0.4 is 16.4 Å². The summed E-state index contributed by atoms with van der Waals surface area (Å²) in [6.07, 6.45) is 2.95. The van der Waals surface area contributed by atoms with Gasteiger partial charge in [0.2, 0.25) is 5.89 Å². The molecule has 1 unspecified atom stereocenters. The second-order valence-corrected chi connectivity index (χ2v) is 10.4. The number of alkyl halides is 3. The van der Waals surface area contributed by atoms with E-state index in [-0.39, 0.29) is 28.8 Å². The molecule has 0 spiro atoms. The Balaban J connectivity index is 1.23. The maximum Gasteiger partial charge on any atom is 0.405 e. The number of benzene rings is 1. The van der Waals surface area contributed by atoms with Crippen LogP contribution in [0.4, 0.5) is 24.7 Å². The fraction of sp³-hybridized carbons (Fsp3) is 0.345. The van der Waals surface area contributed by atoms with Gasteiger partial charge < -0.3 is 30.4 Å². The fourth-order valence-electron chi connectivity index (χ4n) is 4.74. The number of carbonyl (C=O) groups is 2. The number of aromatic nitrogens is 4. The van der Waals surface area contributed by atoms with Gasteiger partial charge in [0, 0.05) is 17.8 Å². The van der Waals surface area contributed by atoms with Crippen molar-refractivity contribution in [2.45, 2.75) is 38.1 Å². The highest BCUT2D eigenvalue weighted by molar-refractivity contribution is 6.07. The van der Waals surface area contributed by atoms with Gasteiger partial charge in [0.1, 0.15) is 18.6 Å². The summed E-state index contributed by atoms with van der Waals surface area (Å²) in [4.78, 5) is 35.3. The second-order valence-electron chi connectivity index (χ2n) is 10.4. The highest BCUT2D eigenvalue weighted by atomic mass is 19.4. The molecule has 3 aromatic heterocycles. The van der Waals surface area contributed by atoms with Crippen LogP contribution in [0.25, 0.3) is 17.1 Å². The molecule has 1 aromatic carbocycles. The van der Waals surface area contributed by atoms with E-state index in [9.17, 15) is 22.8 Å². The first-order valence-corrected chi connectivity index (χ1v) is 13.9. The number of rotatable bonds is 11. The number of nitrogens with one attached hydrogen (secondary N) is 2. The van der Waals surface area contributed by atoms with Crippen molar-refractivity contribution < 1.29 is 31.9 Å². The van der Waals surface area contributed by atoms with Gasteiger partial charge in [0.15, 0.2) is 11.4 Å². The van der Waals surface area contributed by atoms with Gasteiger partial charge in [0.25, 0.3) is 11.8 Å². The second kappa shape index (κ2) is 13.3. The standard InChI is InChI=1S/C29H31F3N8O4/c1-39-11-3-2-4-21(39)15-43-14-18-5-7-20(8-6-18)40-13-22(25(38-40)26(33)41)36-27(42)23-16-44-28(37-23)19-9-10-34-24(12-19)35-17-29(30,31)32/h5-10,12-13,16,21H,2-4,11,14-15,17H2,1H3,(H2,33,41)(H,34,35)(H,36,42). The summed E-state index contributed by atoms with van der Waals surface area (Å²) < 4.78 is 50.3. The molecule has 4 N–H and O–H groups in total. The zero-order valence-corrected chi connectivity index (χ0v) is 23.8. The first kappa shape index (κ1) is 30.7. The van der Waals surface area contributed by atoms with Crippen molar-refractivity contribution in [3.05, 3.63) is 72.0 Å². The minimum Gasteiger partial charge on any atom is -0.444 e. The van der Waals surface area contributed by atoms with Crippen molar-refractivity contribution >= 4 is 23.3 Å². The number of primary amides is 1. The Morgan fingerprint density at radius 3 is 2.70 bits per heavy atom. The topological polar surface area (TPSA) is 153 Å². The maximum absolute atomic E-state index is 12.9. The number of piperidine rings is 1. The number of hydrogen-bond donors (Lipinski definition) is 3. The molecule has 4 aromatic rings. The molecule has 0 aliphatic carbocycles. The largest absolute Gasteiger partial charge is 0.444 e.